The van der Waals surface area contributed by atoms with Crippen LogP contribution in [0.3, 0.4) is 0 Å². The zero-order chi connectivity index (χ0) is 14.1. The highest BCUT2D eigenvalue weighted by Crippen LogP contribution is 2.16. The third kappa shape index (κ3) is 6.19. The average molecular weight is 265 g/mol. The molecule has 0 aromatic heterocycles. The molecule has 0 fully saturated rings. The molecule has 2 N–H and O–H groups in total. The van der Waals surface area contributed by atoms with E-state index in [0.717, 1.165) is 19.4 Å². The van der Waals surface area contributed by atoms with Gasteiger partial charge in [0.1, 0.15) is 0 Å². The van der Waals surface area contributed by atoms with Crippen LogP contribution in [0.25, 0.3) is 0 Å². The summed E-state index contributed by atoms with van der Waals surface area (Å²) in [6.45, 7) is 8.06. The second-order valence-corrected chi connectivity index (χ2v) is 5.07. The van der Waals surface area contributed by atoms with Gasteiger partial charge in [0.05, 0.1) is 12.7 Å². The fraction of sp³-hybridized carbons (Fsp3) is 0.625. The smallest absolute Gasteiger partial charge is 0.0897 e. The summed E-state index contributed by atoms with van der Waals surface area (Å²) in [6, 6.07) is 8.56. The predicted octanol–water partition coefficient (Wildman–Crippen LogP) is 2.82. The van der Waals surface area contributed by atoms with Gasteiger partial charge in [0.15, 0.2) is 0 Å². The van der Waals surface area contributed by atoms with Crippen LogP contribution < -0.4 is 5.32 Å². The van der Waals surface area contributed by atoms with Gasteiger partial charge in [-0.2, -0.15) is 0 Å². The minimum Gasteiger partial charge on any atom is -0.389 e. The number of ether oxygens (including phenoxy) is 1. The summed E-state index contributed by atoms with van der Waals surface area (Å²) in [7, 11) is 0. The van der Waals surface area contributed by atoms with E-state index in [4.69, 9.17) is 4.74 Å². The molecule has 0 bridgehead atoms. The number of rotatable bonds is 9. The Morgan fingerprint density at radius 2 is 2.05 bits per heavy atom. The third-order valence-corrected chi connectivity index (χ3v) is 3.27. The number of unbranched alkanes of at least 4 members (excludes halogenated alkanes) is 1. The largest absolute Gasteiger partial charge is 0.389 e. The van der Waals surface area contributed by atoms with Gasteiger partial charge >= 0.3 is 0 Å². The Bertz CT molecular complexity index is 354. The van der Waals surface area contributed by atoms with Crippen molar-refractivity contribution >= 4 is 0 Å². The van der Waals surface area contributed by atoms with E-state index >= 15 is 0 Å². The van der Waals surface area contributed by atoms with Gasteiger partial charge in [0, 0.05) is 19.2 Å². The van der Waals surface area contributed by atoms with Crippen LogP contribution in [0.5, 0.6) is 0 Å². The SMILES string of the molecule is CCCCOCC(O)CN[C@H](C)c1ccccc1C. The van der Waals surface area contributed by atoms with Crippen LogP contribution in [0, 0.1) is 6.92 Å². The Balaban J connectivity index is 2.26. The molecule has 0 saturated heterocycles. The van der Waals surface area contributed by atoms with Crippen molar-refractivity contribution in [2.24, 2.45) is 0 Å². The van der Waals surface area contributed by atoms with Gasteiger partial charge in [0.25, 0.3) is 0 Å². The van der Waals surface area contributed by atoms with Crippen molar-refractivity contribution in [2.75, 3.05) is 19.8 Å². The first-order valence-corrected chi connectivity index (χ1v) is 7.19. The standard InChI is InChI=1S/C16H27NO2/c1-4-5-10-19-12-15(18)11-17-14(3)16-9-7-6-8-13(16)2/h6-9,14-15,17-18H,4-5,10-12H2,1-3H3/t14-,15?/m1/s1. The predicted molar refractivity (Wildman–Crippen MR) is 79.3 cm³/mol. The van der Waals surface area contributed by atoms with E-state index in [1.54, 1.807) is 0 Å². The van der Waals surface area contributed by atoms with Crippen molar-refractivity contribution in [1.29, 1.82) is 0 Å². The van der Waals surface area contributed by atoms with Gasteiger partial charge in [-0.3, -0.25) is 0 Å². The lowest BCUT2D eigenvalue weighted by molar-refractivity contribution is 0.0348. The van der Waals surface area contributed by atoms with E-state index in [2.05, 4.69) is 38.2 Å². The molecule has 2 atom stereocenters. The summed E-state index contributed by atoms with van der Waals surface area (Å²) in [6.07, 6.45) is 1.74. The molecule has 0 aliphatic heterocycles. The second kappa shape index (κ2) is 9.08. The molecular weight excluding hydrogens is 238 g/mol. The number of nitrogens with one attached hydrogen (secondary N) is 1. The molecule has 0 saturated carbocycles. The molecule has 1 aromatic carbocycles. The van der Waals surface area contributed by atoms with Gasteiger partial charge in [-0.05, 0) is 31.4 Å². The Morgan fingerprint density at radius 1 is 1.32 bits per heavy atom. The van der Waals surface area contributed by atoms with Gasteiger partial charge < -0.3 is 15.2 Å². The van der Waals surface area contributed by atoms with Crippen molar-refractivity contribution < 1.29 is 9.84 Å². The summed E-state index contributed by atoms with van der Waals surface area (Å²) in [5, 5.41) is 13.2. The lowest BCUT2D eigenvalue weighted by Gasteiger charge is -2.19. The number of aliphatic hydroxyl groups is 1. The zero-order valence-electron chi connectivity index (χ0n) is 12.4. The highest BCUT2D eigenvalue weighted by molar-refractivity contribution is 5.28. The van der Waals surface area contributed by atoms with E-state index in [-0.39, 0.29) is 6.04 Å². The zero-order valence-corrected chi connectivity index (χ0v) is 12.4. The van der Waals surface area contributed by atoms with Crippen LogP contribution in [0.1, 0.15) is 43.9 Å². The van der Waals surface area contributed by atoms with Crippen LogP contribution in [-0.2, 0) is 4.74 Å². The van der Waals surface area contributed by atoms with Gasteiger partial charge in [-0.15, -0.1) is 0 Å². The van der Waals surface area contributed by atoms with Gasteiger partial charge in [-0.25, -0.2) is 0 Å². The first-order chi connectivity index (χ1) is 9.15. The molecule has 3 nitrogen and oxygen atoms in total. The Hall–Kier alpha value is -0.900. The number of aliphatic hydroxyl groups excluding tert-OH is 1. The van der Waals surface area contributed by atoms with E-state index in [1.165, 1.54) is 11.1 Å². The first-order valence-electron chi connectivity index (χ1n) is 7.19. The minimum absolute atomic E-state index is 0.242. The molecule has 1 rings (SSSR count). The van der Waals surface area contributed by atoms with Crippen molar-refractivity contribution in [3.8, 4) is 0 Å². The molecule has 0 spiro atoms. The van der Waals surface area contributed by atoms with E-state index in [1.807, 2.05) is 12.1 Å². The molecule has 0 radical (unpaired) electrons. The normalized spacial score (nSPS) is 14.3. The third-order valence-electron chi connectivity index (χ3n) is 3.27. The van der Waals surface area contributed by atoms with E-state index < -0.39 is 6.10 Å². The molecule has 3 heteroatoms. The Morgan fingerprint density at radius 3 is 2.74 bits per heavy atom. The molecule has 1 aromatic rings. The fourth-order valence-corrected chi connectivity index (χ4v) is 2.02. The molecule has 0 heterocycles. The molecule has 0 aliphatic rings. The van der Waals surface area contributed by atoms with Crippen LogP contribution in [0.15, 0.2) is 24.3 Å². The van der Waals surface area contributed by atoms with Crippen molar-refractivity contribution in [2.45, 2.75) is 45.8 Å². The maximum atomic E-state index is 9.83. The van der Waals surface area contributed by atoms with Crippen molar-refractivity contribution in [1.82, 2.24) is 5.32 Å². The fourth-order valence-electron chi connectivity index (χ4n) is 2.02. The topological polar surface area (TPSA) is 41.5 Å². The molecule has 0 amide bonds. The molecule has 1 unspecified atom stereocenters. The van der Waals surface area contributed by atoms with Gasteiger partial charge in [-0.1, -0.05) is 37.6 Å². The van der Waals surface area contributed by atoms with Crippen molar-refractivity contribution in [3.63, 3.8) is 0 Å². The summed E-state index contributed by atoms with van der Waals surface area (Å²) in [5.41, 5.74) is 2.55. The van der Waals surface area contributed by atoms with Crippen LogP contribution in [-0.4, -0.2) is 31.0 Å². The quantitative estimate of drug-likeness (QED) is 0.675. The van der Waals surface area contributed by atoms with Crippen molar-refractivity contribution in [3.05, 3.63) is 35.4 Å². The van der Waals surface area contributed by atoms with Crippen LogP contribution in [0.4, 0.5) is 0 Å². The lowest BCUT2D eigenvalue weighted by Crippen LogP contribution is -2.32. The molecular formula is C16H27NO2. The lowest BCUT2D eigenvalue weighted by atomic mass is 10.0. The monoisotopic (exact) mass is 265 g/mol. The van der Waals surface area contributed by atoms with E-state index in [9.17, 15) is 5.11 Å². The molecule has 108 valence electrons. The summed E-state index contributed by atoms with van der Waals surface area (Å²) in [5.74, 6) is 0. The summed E-state index contributed by atoms with van der Waals surface area (Å²) < 4.78 is 5.41. The van der Waals surface area contributed by atoms with Crippen LogP contribution in [0.2, 0.25) is 0 Å². The minimum atomic E-state index is -0.441. The summed E-state index contributed by atoms with van der Waals surface area (Å²) in [4.78, 5) is 0. The Kier molecular flexibility index (Phi) is 7.72. The molecule has 19 heavy (non-hydrogen) atoms. The van der Waals surface area contributed by atoms with Crippen LogP contribution >= 0.6 is 0 Å². The number of hydrogen-bond acceptors (Lipinski definition) is 3. The highest BCUT2D eigenvalue weighted by Gasteiger charge is 2.10. The van der Waals surface area contributed by atoms with E-state index in [0.29, 0.717) is 13.2 Å². The Labute approximate surface area is 117 Å². The average Bonchev–Trinajstić information content (AvgIpc) is 2.41. The van der Waals surface area contributed by atoms with Gasteiger partial charge in [0.2, 0.25) is 0 Å². The first kappa shape index (κ1) is 16.2. The molecule has 0 aliphatic carbocycles. The summed E-state index contributed by atoms with van der Waals surface area (Å²) >= 11 is 0. The maximum absolute atomic E-state index is 9.83. The second-order valence-electron chi connectivity index (χ2n) is 5.07. The number of aryl methyl sites for hydroxylation is 1. The maximum Gasteiger partial charge on any atom is 0.0897 e. The number of hydrogen-bond donors (Lipinski definition) is 2. The number of benzene rings is 1. The highest BCUT2D eigenvalue weighted by atomic mass is 16.5.